The van der Waals surface area contributed by atoms with E-state index in [0.717, 1.165) is 25.7 Å². The van der Waals surface area contributed by atoms with Crippen molar-refractivity contribution in [2.75, 3.05) is 27.7 Å². The number of carbonyl (C=O) groups excluding carboxylic acids is 2. The normalized spacial score (nSPS) is 13.8. The van der Waals surface area contributed by atoms with Gasteiger partial charge in [-0.1, -0.05) is 155 Å². The average molecular weight is 584 g/mol. The lowest BCUT2D eigenvalue weighted by molar-refractivity contribution is -0.871. The first-order valence-electron chi connectivity index (χ1n) is 17.5. The summed E-state index contributed by atoms with van der Waals surface area (Å²) in [7, 11) is 6.46. The summed E-state index contributed by atoms with van der Waals surface area (Å²) in [4.78, 5) is 26.2. The predicted octanol–water partition coefficient (Wildman–Crippen LogP) is 10.5. The third kappa shape index (κ3) is 26.6. The van der Waals surface area contributed by atoms with E-state index in [9.17, 15) is 14.7 Å². The number of nitrogens with zero attached hydrogens (tertiary/aromatic N) is 1. The summed E-state index contributed by atoms with van der Waals surface area (Å²) >= 11 is 0. The molecular weight excluding hydrogens is 513 g/mol. The van der Waals surface area contributed by atoms with E-state index in [0.29, 0.717) is 32.5 Å². The lowest BCUT2D eigenvalue weighted by Crippen LogP contribution is -2.40. The molecule has 2 unspecified atom stereocenters. The SMILES string of the molecule is CCCCCCCCCCCCCCC(C(=O)CCCCCCCCCCCCC)C(=O)[P-]C(O)C[N+](C)(C)C. The number of ketones is 1. The molecule has 0 aliphatic heterocycles. The second kappa shape index (κ2) is 27.5. The zero-order valence-electron chi connectivity index (χ0n) is 27.7. The number of quaternary nitrogens is 1. The quantitative estimate of drug-likeness (QED) is 0.0382. The van der Waals surface area contributed by atoms with Gasteiger partial charge in [0, 0.05) is 12.3 Å². The fourth-order valence-electron chi connectivity index (χ4n) is 5.52. The highest BCUT2D eigenvalue weighted by molar-refractivity contribution is 7.58. The molecule has 4 nitrogen and oxygen atoms in total. The van der Waals surface area contributed by atoms with Crippen molar-refractivity contribution in [2.24, 2.45) is 5.92 Å². The lowest BCUT2D eigenvalue weighted by atomic mass is 9.93. The first kappa shape index (κ1) is 39.7. The molecule has 0 heterocycles. The van der Waals surface area contributed by atoms with E-state index in [1.807, 2.05) is 21.1 Å². The number of carbonyl (C=O) groups is 2. The Morgan fingerprint density at radius 3 is 1.30 bits per heavy atom. The van der Waals surface area contributed by atoms with Crippen LogP contribution in [0.4, 0.5) is 0 Å². The molecule has 1 N–H and O–H groups in total. The number of aliphatic hydroxyl groups excluding tert-OH is 1. The van der Waals surface area contributed by atoms with Gasteiger partial charge in [-0.05, 0) is 24.2 Å². The molecule has 0 aromatic heterocycles. The zero-order chi connectivity index (χ0) is 29.9. The summed E-state index contributed by atoms with van der Waals surface area (Å²) < 4.78 is 0.609. The van der Waals surface area contributed by atoms with Crippen molar-refractivity contribution in [2.45, 2.75) is 180 Å². The summed E-state index contributed by atoms with van der Waals surface area (Å²) in [5, 5.41) is 10.5. The van der Waals surface area contributed by atoms with Crippen LogP contribution in [0.25, 0.3) is 0 Å². The maximum absolute atomic E-state index is 13.1. The second-order valence-corrected chi connectivity index (χ2v) is 14.7. The molecule has 0 spiro atoms. The highest BCUT2D eigenvalue weighted by Crippen LogP contribution is 2.29. The summed E-state index contributed by atoms with van der Waals surface area (Å²) in [6.45, 7) is 5.05. The molecule has 238 valence electrons. The van der Waals surface area contributed by atoms with Gasteiger partial charge in [0.15, 0.2) is 0 Å². The minimum Gasteiger partial charge on any atom is -0.426 e. The minimum atomic E-state index is -0.702. The molecule has 0 saturated carbocycles. The van der Waals surface area contributed by atoms with Crippen molar-refractivity contribution in [3.63, 3.8) is 0 Å². The zero-order valence-corrected chi connectivity index (χ0v) is 28.6. The minimum absolute atomic E-state index is 0.0582. The van der Waals surface area contributed by atoms with Crippen LogP contribution in [0.1, 0.15) is 174 Å². The number of rotatable bonds is 31. The Labute approximate surface area is 252 Å². The van der Waals surface area contributed by atoms with Crippen LogP contribution in [0.2, 0.25) is 0 Å². The lowest BCUT2D eigenvalue weighted by Gasteiger charge is -2.34. The van der Waals surface area contributed by atoms with Gasteiger partial charge in [-0.2, -0.15) is 0 Å². The molecule has 0 saturated heterocycles. The smallest absolute Gasteiger partial charge is 0.140 e. The van der Waals surface area contributed by atoms with Gasteiger partial charge in [-0.15, -0.1) is 0 Å². The number of unbranched alkanes of at least 4 members (excludes halogenated alkanes) is 21. The first-order valence-corrected chi connectivity index (χ1v) is 18.4. The summed E-state index contributed by atoms with van der Waals surface area (Å²) in [6.07, 6.45) is 30.4. The van der Waals surface area contributed by atoms with Gasteiger partial charge in [0.2, 0.25) is 0 Å². The number of likely N-dealkylation sites (N-methyl/N-ethyl adjacent to an activating group) is 1. The van der Waals surface area contributed by atoms with Gasteiger partial charge in [0.1, 0.15) is 5.78 Å². The van der Waals surface area contributed by atoms with Crippen LogP contribution in [0.3, 0.4) is 0 Å². The average Bonchev–Trinajstić information content (AvgIpc) is 2.88. The molecule has 0 aliphatic rings. The van der Waals surface area contributed by atoms with Gasteiger partial charge in [0.05, 0.1) is 27.7 Å². The first-order chi connectivity index (χ1) is 19.2. The Bertz CT molecular complexity index is 590. The maximum Gasteiger partial charge on any atom is 0.140 e. The van der Waals surface area contributed by atoms with E-state index in [1.54, 1.807) is 0 Å². The van der Waals surface area contributed by atoms with Crippen molar-refractivity contribution < 1.29 is 19.2 Å². The Morgan fingerprint density at radius 1 is 0.575 bits per heavy atom. The third-order valence-electron chi connectivity index (χ3n) is 8.05. The van der Waals surface area contributed by atoms with E-state index in [1.165, 1.54) is 122 Å². The van der Waals surface area contributed by atoms with E-state index in [-0.39, 0.29) is 11.3 Å². The molecule has 40 heavy (non-hydrogen) atoms. The van der Waals surface area contributed by atoms with Gasteiger partial charge in [0.25, 0.3) is 0 Å². The van der Waals surface area contributed by atoms with E-state index in [4.69, 9.17) is 0 Å². The van der Waals surface area contributed by atoms with E-state index >= 15 is 0 Å². The number of hydrogen-bond donors (Lipinski definition) is 1. The van der Waals surface area contributed by atoms with Crippen LogP contribution in [0.5, 0.6) is 0 Å². The topological polar surface area (TPSA) is 54.4 Å². The van der Waals surface area contributed by atoms with Crippen molar-refractivity contribution in [1.82, 2.24) is 0 Å². The van der Waals surface area contributed by atoms with Gasteiger partial charge in [-0.25, -0.2) is 0 Å². The molecule has 0 aliphatic carbocycles. The molecule has 0 amide bonds. The molecule has 2 atom stereocenters. The van der Waals surface area contributed by atoms with Crippen molar-refractivity contribution in [3.05, 3.63) is 0 Å². The number of aliphatic hydroxyl groups is 1. The van der Waals surface area contributed by atoms with Crippen molar-refractivity contribution in [3.8, 4) is 0 Å². The van der Waals surface area contributed by atoms with E-state index in [2.05, 4.69) is 13.8 Å². The van der Waals surface area contributed by atoms with E-state index < -0.39 is 11.8 Å². The molecule has 0 rings (SSSR count). The summed E-state index contributed by atoms with van der Waals surface area (Å²) in [6, 6.07) is 0. The Kier molecular flexibility index (Phi) is 27.3. The largest absolute Gasteiger partial charge is 0.426 e. The van der Waals surface area contributed by atoms with Gasteiger partial charge in [-0.3, -0.25) is 4.79 Å². The van der Waals surface area contributed by atoms with Crippen molar-refractivity contribution >= 4 is 19.9 Å². The molecule has 5 heteroatoms. The molecule has 0 aromatic carbocycles. The highest BCUT2D eigenvalue weighted by Gasteiger charge is 2.21. The highest BCUT2D eigenvalue weighted by atomic mass is 31.1. The molecule has 0 fully saturated rings. The van der Waals surface area contributed by atoms with Crippen molar-refractivity contribution in [1.29, 1.82) is 0 Å². The van der Waals surface area contributed by atoms with Crippen LogP contribution >= 0.6 is 8.58 Å². The fraction of sp³-hybridized carbons (Fsp3) is 0.943. The van der Waals surface area contributed by atoms with Gasteiger partial charge >= 0.3 is 0 Å². The Balaban J connectivity index is 4.31. The molecular formula is C35H70NO3P. The maximum atomic E-state index is 13.1. The van der Waals surface area contributed by atoms with Crippen LogP contribution in [0.15, 0.2) is 0 Å². The van der Waals surface area contributed by atoms with Crippen LogP contribution in [-0.2, 0) is 9.59 Å². The molecule has 0 radical (unpaired) electrons. The Morgan fingerprint density at radius 2 is 0.925 bits per heavy atom. The fourth-order valence-corrected chi connectivity index (χ4v) is 6.84. The third-order valence-corrected chi connectivity index (χ3v) is 9.07. The van der Waals surface area contributed by atoms with Crippen LogP contribution in [-0.4, -0.2) is 54.4 Å². The van der Waals surface area contributed by atoms with Gasteiger partial charge < -0.3 is 23.0 Å². The molecule has 0 aromatic rings. The summed E-state index contributed by atoms with van der Waals surface area (Å²) in [5.74, 6) is -1.10. The molecule has 0 bridgehead atoms. The second-order valence-electron chi connectivity index (χ2n) is 13.4. The Hall–Kier alpha value is -0.310. The van der Waals surface area contributed by atoms with Crippen LogP contribution in [0, 0.1) is 5.92 Å². The standard InChI is InChI=1S/C35H70NO3P/c1-6-8-10-12-14-16-18-20-21-23-25-27-29-32(35(39)40-34(38)31-36(3,4)5)33(37)30-28-26-24-22-19-17-15-13-11-9-7-2/h32,34,38H,6-31H2,1-5H3. The monoisotopic (exact) mass is 584 g/mol. The van der Waals surface area contributed by atoms with Crippen LogP contribution < -0.4 is 0 Å². The predicted molar refractivity (Wildman–Crippen MR) is 176 cm³/mol. The summed E-state index contributed by atoms with van der Waals surface area (Å²) in [5.41, 5.74) is -0.0582. The number of Topliss-reactive ketones (excluding diaryl/α,β-unsaturated/α-hetero) is 1. The number of hydrogen-bond acceptors (Lipinski definition) is 3.